The molecule has 0 rings (SSSR count). The van der Waals surface area contributed by atoms with E-state index in [-0.39, 0.29) is 5.54 Å². The lowest BCUT2D eigenvalue weighted by Crippen LogP contribution is -2.53. The lowest BCUT2D eigenvalue weighted by atomic mass is 9.91. The number of nitrogens with zero attached hydrogens (tertiary/aromatic N) is 2. The van der Waals surface area contributed by atoms with Crippen LogP contribution < -0.4 is 5.73 Å². The Balaban J connectivity index is 4.41. The quantitative estimate of drug-likeness (QED) is 0.554. The Bertz CT molecular complexity index is 206. The molecule has 0 aliphatic rings. The summed E-state index contributed by atoms with van der Waals surface area (Å²) >= 11 is 0. The first-order valence-corrected chi connectivity index (χ1v) is 8.10. The molecule has 0 aliphatic heterocycles. The van der Waals surface area contributed by atoms with Crippen molar-refractivity contribution in [3.05, 3.63) is 0 Å². The molecule has 0 aliphatic carbocycles. The fourth-order valence-corrected chi connectivity index (χ4v) is 2.56. The van der Waals surface area contributed by atoms with E-state index in [1.807, 2.05) is 0 Å². The van der Waals surface area contributed by atoms with Crippen molar-refractivity contribution < 1.29 is 0 Å². The largest absolute Gasteiger partial charge is 0.329 e. The van der Waals surface area contributed by atoms with Crippen LogP contribution in [0.5, 0.6) is 0 Å². The van der Waals surface area contributed by atoms with Crippen molar-refractivity contribution in [2.45, 2.75) is 64.8 Å². The summed E-state index contributed by atoms with van der Waals surface area (Å²) in [6, 6.07) is 0. The molecule has 0 heterocycles. The van der Waals surface area contributed by atoms with Gasteiger partial charge in [0.05, 0.1) is 0 Å². The fourth-order valence-electron chi connectivity index (χ4n) is 2.56. The van der Waals surface area contributed by atoms with Gasteiger partial charge in [-0.1, -0.05) is 39.5 Å². The Morgan fingerprint density at radius 3 is 2.05 bits per heavy atom. The van der Waals surface area contributed by atoms with E-state index >= 15 is 0 Å². The first-order valence-electron chi connectivity index (χ1n) is 8.10. The van der Waals surface area contributed by atoms with Gasteiger partial charge in [0.15, 0.2) is 0 Å². The lowest BCUT2D eigenvalue weighted by molar-refractivity contribution is 0.0899. The van der Waals surface area contributed by atoms with Crippen molar-refractivity contribution in [3.63, 3.8) is 0 Å². The third kappa shape index (κ3) is 7.91. The SMILES string of the molecule is CCCCCCC(C)(CN)N(CCC)CCN(C)C. The highest BCUT2D eigenvalue weighted by Gasteiger charge is 2.29. The molecular weight excluding hydrogens is 234 g/mol. The van der Waals surface area contributed by atoms with Crippen LogP contribution in [0.1, 0.15) is 59.3 Å². The Morgan fingerprint density at radius 2 is 1.58 bits per heavy atom. The van der Waals surface area contributed by atoms with Gasteiger partial charge in [-0.3, -0.25) is 4.90 Å². The number of rotatable bonds is 12. The Kier molecular flexibility index (Phi) is 10.6. The Morgan fingerprint density at radius 1 is 0.895 bits per heavy atom. The zero-order valence-corrected chi connectivity index (χ0v) is 14.0. The van der Waals surface area contributed by atoms with Crippen molar-refractivity contribution in [1.82, 2.24) is 9.80 Å². The smallest absolute Gasteiger partial charge is 0.0304 e. The molecule has 0 aromatic heterocycles. The van der Waals surface area contributed by atoms with Gasteiger partial charge in [0.2, 0.25) is 0 Å². The molecule has 0 fully saturated rings. The zero-order valence-electron chi connectivity index (χ0n) is 14.0. The number of nitrogens with two attached hydrogens (primary N) is 1. The molecule has 116 valence electrons. The van der Waals surface area contributed by atoms with Gasteiger partial charge in [0.25, 0.3) is 0 Å². The minimum atomic E-state index is 0.180. The van der Waals surface area contributed by atoms with E-state index in [2.05, 4.69) is 44.7 Å². The van der Waals surface area contributed by atoms with Crippen molar-refractivity contribution >= 4 is 0 Å². The minimum absolute atomic E-state index is 0.180. The first-order chi connectivity index (χ1) is 9.00. The van der Waals surface area contributed by atoms with Crippen LogP contribution in [0.2, 0.25) is 0 Å². The second-order valence-corrected chi connectivity index (χ2v) is 6.30. The topological polar surface area (TPSA) is 32.5 Å². The van der Waals surface area contributed by atoms with E-state index in [9.17, 15) is 0 Å². The van der Waals surface area contributed by atoms with E-state index in [0.717, 1.165) is 26.2 Å². The van der Waals surface area contributed by atoms with Gasteiger partial charge in [0.1, 0.15) is 0 Å². The van der Waals surface area contributed by atoms with Crippen LogP contribution in [0.25, 0.3) is 0 Å². The average Bonchev–Trinajstić information content (AvgIpc) is 2.39. The van der Waals surface area contributed by atoms with Crippen molar-refractivity contribution in [3.8, 4) is 0 Å². The summed E-state index contributed by atoms with van der Waals surface area (Å²) in [6.45, 7) is 11.1. The van der Waals surface area contributed by atoms with Gasteiger partial charge in [-0.15, -0.1) is 0 Å². The second-order valence-electron chi connectivity index (χ2n) is 6.30. The predicted molar refractivity (Wildman–Crippen MR) is 86.6 cm³/mol. The van der Waals surface area contributed by atoms with Gasteiger partial charge < -0.3 is 10.6 Å². The summed E-state index contributed by atoms with van der Waals surface area (Å²) in [4.78, 5) is 4.87. The maximum atomic E-state index is 6.10. The Labute approximate surface area is 121 Å². The molecule has 0 saturated heterocycles. The van der Waals surface area contributed by atoms with E-state index in [1.54, 1.807) is 0 Å². The van der Waals surface area contributed by atoms with Crippen LogP contribution in [0, 0.1) is 0 Å². The summed E-state index contributed by atoms with van der Waals surface area (Å²) in [5, 5.41) is 0. The summed E-state index contributed by atoms with van der Waals surface area (Å²) in [6.07, 6.45) is 7.75. The molecule has 0 saturated carbocycles. The summed E-state index contributed by atoms with van der Waals surface area (Å²) in [5.41, 5.74) is 6.28. The second kappa shape index (κ2) is 10.6. The monoisotopic (exact) mass is 271 g/mol. The first kappa shape index (κ1) is 18.9. The van der Waals surface area contributed by atoms with E-state index in [1.165, 1.54) is 38.5 Å². The van der Waals surface area contributed by atoms with Crippen LogP contribution in [-0.2, 0) is 0 Å². The normalized spacial score (nSPS) is 15.2. The number of hydrogen-bond donors (Lipinski definition) is 1. The van der Waals surface area contributed by atoms with Crippen molar-refractivity contribution in [1.29, 1.82) is 0 Å². The van der Waals surface area contributed by atoms with Gasteiger partial charge >= 0.3 is 0 Å². The molecule has 0 bridgehead atoms. The third-order valence-corrected chi connectivity index (χ3v) is 4.08. The molecular formula is C16H37N3. The minimum Gasteiger partial charge on any atom is -0.329 e. The molecule has 1 atom stereocenters. The molecule has 19 heavy (non-hydrogen) atoms. The van der Waals surface area contributed by atoms with Gasteiger partial charge in [0, 0.05) is 25.2 Å². The van der Waals surface area contributed by atoms with E-state index < -0.39 is 0 Å². The Hall–Kier alpha value is -0.120. The molecule has 0 aromatic rings. The van der Waals surface area contributed by atoms with Gasteiger partial charge in [-0.05, 0) is 40.4 Å². The molecule has 1 unspecified atom stereocenters. The highest BCUT2D eigenvalue weighted by molar-refractivity contribution is 4.87. The van der Waals surface area contributed by atoms with Crippen molar-refractivity contribution in [2.75, 3.05) is 40.3 Å². The maximum absolute atomic E-state index is 6.10. The van der Waals surface area contributed by atoms with Crippen LogP contribution >= 0.6 is 0 Å². The highest BCUT2D eigenvalue weighted by atomic mass is 15.2. The molecule has 3 heteroatoms. The van der Waals surface area contributed by atoms with E-state index in [0.29, 0.717) is 0 Å². The average molecular weight is 271 g/mol. The molecule has 3 nitrogen and oxygen atoms in total. The fraction of sp³-hybridized carbons (Fsp3) is 1.00. The molecule has 2 N–H and O–H groups in total. The molecule has 0 amide bonds. The van der Waals surface area contributed by atoms with Crippen LogP contribution in [-0.4, -0.2) is 55.6 Å². The van der Waals surface area contributed by atoms with Crippen LogP contribution in [0.3, 0.4) is 0 Å². The maximum Gasteiger partial charge on any atom is 0.0304 e. The van der Waals surface area contributed by atoms with Crippen molar-refractivity contribution in [2.24, 2.45) is 5.73 Å². The van der Waals surface area contributed by atoms with Gasteiger partial charge in [-0.25, -0.2) is 0 Å². The number of unbranched alkanes of at least 4 members (excludes halogenated alkanes) is 3. The lowest BCUT2D eigenvalue weighted by Gasteiger charge is -2.41. The zero-order chi connectivity index (χ0) is 14.7. The summed E-state index contributed by atoms with van der Waals surface area (Å²) in [5.74, 6) is 0. The van der Waals surface area contributed by atoms with E-state index in [4.69, 9.17) is 5.73 Å². The molecule has 0 radical (unpaired) electrons. The third-order valence-electron chi connectivity index (χ3n) is 4.08. The molecule has 0 aromatic carbocycles. The summed E-state index contributed by atoms with van der Waals surface area (Å²) in [7, 11) is 4.29. The van der Waals surface area contributed by atoms with Crippen LogP contribution in [0.4, 0.5) is 0 Å². The highest BCUT2D eigenvalue weighted by Crippen LogP contribution is 2.22. The van der Waals surface area contributed by atoms with Gasteiger partial charge in [-0.2, -0.15) is 0 Å². The van der Waals surface area contributed by atoms with Crippen LogP contribution in [0.15, 0.2) is 0 Å². The molecule has 0 spiro atoms. The number of likely N-dealkylation sites (N-methyl/N-ethyl adjacent to an activating group) is 1. The number of hydrogen-bond acceptors (Lipinski definition) is 3. The standard InChI is InChI=1S/C16H37N3/c1-6-8-9-10-11-16(3,15-17)19(12-7-2)14-13-18(4)5/h6-15,17H2,1-5H3. The predicted octanol–water partition coefficient (Wildman–Crippen LogP) is 2.95. The summed E-state index contributed by atoms with van der Waals surface area (Å²) < 4.78 is 0.